The molecule has 0 bridgehead atoms. The van der Waals surface area contributed by atoms with Gasteiger partial charge in [0.25, 0.3) is 25.1 Å². The Kier molecular flexibility index (Phi) is 21.9. The maximum atomic E-state index is 13.0. The number of hydrogen-bond donors (Lipinski definition) is 5. The van der Waals surface area contributed by atoms with Crippen LogP contribution in [0.4, 0.5) is 0 Å². The number of nitrogens with one attached hydrogen (secondary N) is 4. The van der Waals surface area contributed by atoms with Crippen molar-refractivity contribution in [3.8, 4) is 0 Å². The molecule has 0 aromatic heterocycles. The topological polar surface area (TPSA) is 273 Å². The van der Waals surface area contributed by atoms with Crippen molar-refractivity contribution in [2.75, 3.05) is 78.9 Å². The summed E-state index contributed by atoms with van der Waals surface area (Å²) in [6.07, 6.45) is 5.85. The summed E-state index contributed by atoms with van der Waals surface area (Å²) >= 11 is 0. The number of ketones is 1. The molecule has 310 valence electrons. The minimum atomic E-state index is -0.748. The molecule has 0 aliphatic carbocycles. The van der Waals surface area contributed by atoms with Crippen molar-refractivity contribution in [2.45, 2.75) is 57.8 Å². The number of carbonyl (C=O) groups is 10. The van der Waals surface area contributed by atoms with Crippen LogP contribution in [-0.2, 0) is 62.2 Å². The van der Waals surface area contributed by atoms with E-state index in [0.29, 0.717) is 25.8 Å². The van der Waals surface area contributed by atoms with Crippen LogP contribution in [-0.4, -0.2) is 153 Å². The lowest BCUT2D eigenvalue weighted by molar-refractivity contribution is -0.139. The quantitative estimate of drug-likeness (QED) is 0.0369. The molecule has 0 saturated carbocycles. The van der Waals surface area contributed by atoms with Gasteiger partial charge in [-0.05, 0) is 12.8 Å². The zero-order chi connectivity index (χ0) is 41.8. The molecule has 1 atom stereocenters. The van der Waals surface area contributed by atoms with Crippen molar-refractivity contribution >= 4 is 59.0 Å². The van der Waals surface area contributed by atoms with Gasteiger partial charge in [0.1, 0.15) is 5.78 Å². The van der Waals surface area contributed by atoms with Gasteiger partial charge in [0.05, 0.1) is 46.1 Å². The van der Waals surface area contributed by atoms with Gasteiger partial charge in [-0.25, -0.2) is 0 Å². The largest absolute Gasteiger partial charge is 0.481 e. The van der Waals surface area contributed by atoms with E-state index in [2.05, 4.69) is 26.4 Å². The first-order valence-electron chi connectivity index (χ1n) is 18.9. The summed E-state index contributed by atoms with van der Waals surface area (Å²) in [7, 11) is 0. The van der Waals surface area contributed by atoms with Gasteiger partial charge in [-0.15, -0.1) is 0 Å². The lowest BCUT2D eigenvalue weighted by Crippen LogP contribution is -2.35. The molecule has 20 nitrogen and oxygen atoms in total. The summed E-state index contributed by atoms with van der Waals surface area (Å²) in [6.45, 7) is 1.32. The lowest BCUT2D eigenvalue weighted by Gasteiger charge is -2.17. The number of carbonyl (C=O) groups excluding carboxylic acids is 9. The number of hydrogen-bond acceptors (Lipinski definition) is 14. The molecular formula is C36H52N6O14. The number of rotatable bonds is 32. The maximum absolute atomic E-state index is 13.0. The maximum Gasteiger partial charge on any atom is 0.305 e. The molecule has 20 heteroatoms. The van der Waals surface area contributed by atoms with Crippen LogP contribution in [0.1, 0.15) is 57.8 Å². The Morgan fingerprint density at radius 3 is 1.54 bits per heavy atom. The SMILES string of the molecule is [3H]OC(=O)CCOCCNC(=O)C(CCCCNC(=O)CCOCCNC(=O)CCN1C(=O)C=CC1=O)CC(=O)CCOCCNC(=O)CCN1C(=O)C=CC1=O. The minimum absolute atomic E-state index is 0.0146. The van der Waals surface area contributed by atoms with Crippen LogP contribution >= 0.6 is 0 Å². The number of nitrogens with zero attached hydrogens (tertiary/aromatic N) is 2. The van der Waals surface area contributed by atoms with Gasteiger partial charge in [-0.3, -0.25) is 57.7 Å². The first kappa shape index (κ1) is 45.1. The number of unbranched alkanes of at least 4 members (excludes halogenated alkanes) is 1. The molecule has 2 aliphatic rings. The molecule has 8 amide bonds. The van der Waals surface area contributed by atoms with Crippen LogP contribution in [0.5, 0.6) is 0 Å². The van der Waals surface area contributed by atoms with Gasteiger partial charge >= 0.3 is 5.97 Å². The van der Waals surface area contributed by atoms with Crippen molar-refractivity contribution in [3.05, 3.63) is 24.3 Å². The van der Waals surface area contributed by atoms with E-state index >= 15 is 0 Å². The number of carboxylic acids is 1. The number of imide groups is 2. The molecule has 0 radical (unpaired) electrons. The Morgan fingerprint density at radius 1 is 0.571 bits per heavy atom. The van der Waals surface area contributed by atoms with Crippen molar-refractivity contribution < 1.29 is 67.3 Å². The lowest BCUT2D eigenvalue weighted by atomic mass is 9.94. The molecule has 0 aromatic carbocycles. The van der Waals surface area contributed by atoms with Crippen LogP contribution in [0, 0.1) is 5.92 Å². The standard InChI is InChI=1S/C36H52N6O14/c43-27(10-19-54-22-14-38-28(44)8-17-41-31(47)4-5-32(41)48)25-26(36(53)40-16-24-56-21-12-35(51)52)3-1-2-13-37-30(46)11-20-55-23-15-39-29(45)9-18-42-33(49)6-7-34(42)50/h4-7,26H,1-3,8-25H2,(H,37,46)(H,38,44)(H,39,45)(H,40,53)(H,51,52)/i/hT. The predicted molar refractivity (Wildman–Crippen MR) is 194 cm³/mol. The van der Waals surface area contributed by atoms with Crippen molar-refractivity contribution in [3.63, 3.8) is 0 Å². The minimum Gasteiger partial charge on any atom is -0.481 e. The summed E-state index contributed by atoms with van der Waals surface area (Å²) in [6, 6.07) is 0. The first-order valence-corrected chi connectivity index (χ1v) is 18.5. The van der Waals surface area contributed by atoms with E-state index in [4.69, 9.17) is 15.6 Å². The van der Waals surface area contributed by atoms with Gasteiger partial charge in [0.15, 0.2) is 0 Å². The average Bonchev–Trinajstić information content (AvgIpc) is 3.69. The second-order valence-corrected chi connectivity index (χ2v) is 12.6. The van der Waals surface area contributed by atoms with Gasteiger partial charge in [-0.2, -0.15) is 0 Å². The van der Waals surface area contributed by atoms with Gasteiger partial charge in [-0.1, -0.05) is 6.42 Å². The van der Waals surface area contributed by atoms with Gasteiger partial charge < -0.3 is 40.6 Å². The second-order valence-electron chi connectivity index (χ2n) is 12.6. The third-order valence-electron chi connectivity index (χ3n) is 8.20. The summed E-state index contributed by atoms with van der Waals surface area (Å²) in [5.74, 6) is -4.80. The molecule has 0 aromatic rings. The fraction of sp³-hybridized carbons (Fsp3) is 0.611. The summed E-state index contributed by atoms with van der Waals surface area (Å²) < 4.78 is 22.6. The van der Waals surface area contributed by atoms with E-state index in [1.165, 1.54) is 0 Å². The number of amides is 8. The summed E-state index contributed by atoms with van der Waals surface area (Å²) in [5.41, 5.74) is 0. The van der Waals surface area contributed by atoms with Crippen LogP contribution < -0.4 is 21.3 Å². The fourth-order valence-corrected chi connectivity index (χ4v) is 5.17. The summed E-state index contributed by atoms with van der Waals surface area (Å²) in [4.78, 5) is 121. The van der Waals surface area contributed by atoms with Crippen LogP contribution in [0.25, 0.3) is 1.43 Å². The highest BCUT2D eigenvalue weighted by molar-refractivity contribution is 6.13. The molecule has 1 unspecified atom stereocenters. The molecule has 2 aliphatic heterocycles. The number of carboxylic acid groups (broad SMARTS) is 1. The molecule has 56 heavy (non-hydrogen) atoms. The fourth-order valence-electron chi connectivity index (χ4n) is 5.17. The smallest absolute Gasteiger partial charge is 0.305 e. The highest BCUT2D eigenvalue weighted by Gasteiger charge is 2.25. The van der Waals surface area contributed by atoms with E-state index in [-0.39, 0.29) is 140 Å². The highest BCUT2D eigenvalue weighted by Crippen LogP contribution is 2.15. The van der Waals surface area contributed by atoms with Crippen LogP contribution in [0.2, 0.25) is 0 Å². The Balaban J connectivity index is 1.60. The Hall–Kier alpha value is -5.34. The van der Waals surface area contributed by atoms with E-state index in [9.17, 15) is 47.9 Å². The molecule has 2 heterocycles. The number of Topliss-reactive ketones (excluding diaryl/α,β-unsaturated/α-hetero) is 1. The zero-order valence-electron chi connectivity index (χ0n) is 32.3. The normalized spacial score (nSPS) is 14.2. The van der Waals surface area contributed by atoms with Crippen LogP contribution in [0.3, 0.4) is 0 Å². The third kappa shape index (κ3) is 20.4. The highest BCUT2D eigenvalue weighted by atomic mass is 16.5. The molecule has 0 saturated heterocycles. The first-order chi connectivity index (χ1) is 27.4. The van der Waals surface area contributed by atoms with E-state index < -0.39 is 35.5 Å². The third-order valence-corrected chi connectivity index (χ3v) is 8.20. The van der Waals surface area contributed by atoms with Gasteiger partial charge in [0.2, 0.25) is 23.6 Å². The van der Waals surface area contributed by atoms with E-state index in [1.807, 2.05) is 0 Å². The molecule has 0 fully saturated rings. The van der Waals surface area contributed by atoms with E-state index in [1.54, 1.807) is 0 Å². The van der Waals surface area contributed by atoms with Crippen molar-refractivity contribution in [2.24, 2.45) is 5.92 Å². The Morgan fingerprint density at radius 2 is 1.02 bits per heavy atom. The number of aliphatic carboxylic acids is 1. The number of ether oxygens (including phenoxy) is 3. The predicted octanol–water partition coefficient (Wildman–Crippen LogP) is -1.87. The van der Waals surface area contributed by atoms with Gasteiger partial charge in [0, 0.05) is 102 Å². The van der Waals surface area contributed by atoms with Crippen LogP contribution in [0.15, 0.2) is 24.3 Å². The Labute approximate surface area is 325 Å². The Bertz CT molecular complexity index is 1450. The van der Waals surface area contributed by atoms with E-state index in [0.717, 1.165) is 34.1 Å². The monoisotopic (exact) mass is 794 g/mol. The van der Waals surface area contributed by atoms with Crippen molar-refractivity contribution in [1.29, 1.82) is 1.43 Å². The second kappa shape index (κ2) is 27.3. The molecule has 5 N–H and O–H groups in total. The molecule has 2 rings (SSSR count). The van der Waals surface area contributed by atoms with Crippen molar-refractivity contribution in [1.82, 2.24) is 31.1 Å². The molecular weight excluding hydrogens is 740 g/mol. The molecule has 0 spiro atoms. The summed E-state index contributed by atoms with van der Waals surface area (Å²) in [5, 5.41) is 14.5. The zero-order valence-corrected chi connectivity index (χ0v) is 31.3. The average molecular weight is 795 g/mol.